The summed E-state index contributed by atoms with van der Waals surface area (Å²) >= 11 is 0. The van der Waals surface area contributed by atoms with E-state index in [1.54, 1.807) is 36.4 Å². The maximum Gasteiger partial charge on any atom is 0.295 e. The Bertz CT molecular complexity index is 2930. The number of benzene rings is 6. The van der Waals surface area contributed by atoms with Crippen LogP contribution in [0.1, 0.15) is 43.2 Å². The van der Waals surface area contributed by atoms with Gasteiger partial charge in [0.1, 0.15) is 26.9 Å². The number of fused-ring (bicyclic) bond motifs is 2. The van der Waals surface area contributed by atoms with Gasteiger partial charge < -0.3 is 10.2 Å². The van der Waals surface area contributed by atoms with Crippen molar-refractivity contribution >= 4 is 74.6 Å². The van der Waals surface area contributed by atoms with Crippen LogP contribution in [0.3, 0.4) is 0 Å². The van der Waals surface area contributed by atoms with E-state index in [1.165, 1.54) is 18.2 Å². The van der Waals surface area contributed by atoms with Crippen molar-refractivity contribution in [3.05, 3.63) is 114 Å². The predicted octanol–water partition coefficient (Wildman–Crippen LogP) is 9.23. The minimum atomic E-state index is -5.06. The fourth-order valence-electron chi connectivity index (χ4n) is 7.24. The van der Waals surface area contributed by atoms with Crippen molar-refractivity contribution < 1.29 is 49.1 Å². The summed E-state index contributed by atoms with van der Waals surface area (Å²) in [5, 5.41) is 38.0. The molecule has 0 bridgehead atoms. The topological polar surface area (TPSA) is 253 Å². The molecule has 7 rings (SSSR count). The van der Waals surface area contributed by atoms with E-state index in [2.05, 4.69) is 20.5 Å². The Labute approximate surface area is 321 Å². The molecule has 6 aromatic carbocycles. The SMILES string of the molecule is O=S(=O)(O)c1cc(S(=O)(=O)O)c2c(N=Nc3ccc(C4(c5ccc(N=Nc6cc(S(=O)(=O)O)c7ccccc7c6O)cc5)CCCCC4)cc3)c(O)ccc2c1. The second kappa shape index (κ2) is 14.5. The Kier molecular flexibility index (Phi) is 9.98. The van der Waals surface area contributed by atoms with Crippen LogP contribution >= 0.6 is 0 Å². The van der Waals surface area contributed by atoms with E-state index in [0.29, 0.717) is 17.4 Å². The van der Waals surface area contributed by atoms with Crippen LogP contribution in [0.4, 0.5) is 22.7 Å². The molecular formula is C38H32N4O11S3. The molecule has 1 saturated carbocycles. The van der Waals surface area contributed by atoms with Gasteiger partial charge in [-0.3, -0.25) is 13.7 Å². The summed E-state index contributed by atoms with van der Waals surface area (Å²) in [4.78, 5) is -2.08. The van der Waals surface area contributed by atoms with Gasteiger partial charge in [0, 0.05) is 21.6 Å². The number of azo groups is 2. The van der Waals surface area contributed by atoms with Crippen LogP contribution < -0.4 is 0 Å². The van der Waals surface area contributed by atoms with E-state index < -0.39 is 50.8 Å². The molecule has 0 radical (unpaired) electrons. The van der Waals surface area contributed by atoms with Crippen molar-refractivity contribution in [3.63, 3.8) is 0 Å². The van der Waals surface area contributed by atoms with Crippen molar-refractivity contribution in [3.8, 4) is 11.5 Å². The van der Waals surface area contributed by atoms with Crippen molar-refractivity contribution in [1.29, 1.82) is 0 Å². The first-order valence-electron chi connectivity index (χ1n) is 17.0. The summed E-state index contributed by atoms with van der Waals surface area (Å²) < 4.78 is 102. The van der Waals surface area contributed by atoms with E-state index >= 15 is 0 Å². The first-order chi connectivity index (χ1) is 26.5. The molecule has 1 fully saturated rings. The molecule has 1 aliphatic carbocycles. The minimum Gasteiger partial charge on any atom is -0.506 e. The van der Waals surface area contributed by atoms with Gasteiger partial charge in [0.25, 0.3) is 30.4 Å². The fraction of sp³-hybridized carbons (Fsp3) is 0.158. The Morgan fingerprint density at radius 2 is 1.09 bits per heavy atom. The van der Waals surface area contributed by atoms with E-state index in [1.807, 2.05) is 24.3 Å². The maximum absolute atomic E-state index is 12.3. The average molecular weight is 817 g/mol. The van der Waals surface area contributed by atoms with Crippen LogP contribution in [-0.2, 0) is 35.8 Å². The smallest absolute Gasteiger partial charge is 0.295 e. The van der Waals surface area contributed by atoms with Crippen molar-refractivity contribution in [1.82, 2.24) is 0 Å². The first kappa shape index (κ1) is 38.6. The minimum absolute atomic E-state index is 0.0558. The third-order valence-electron chi connectivity index (χ3n) is 9.90. The normalized spacial score (nSPS) is 15.3. The Morgan fingerprint density at radius 1 is 0.536 bits per heavy atom. The van der Waals surface area contributed by atoms with Gasteiger partial charge in [-0.05, 0) is 77.9 Å². The molecule has 5 N–H and O–H groups in total. The van der Waals surface area contributed by atoms with Gasteiger partial charge in [0.2, 0.25) is 0 Å². The van der Waals surface area contributed by atoms with Gasteiger partial charge in [0.15, 0.2) is 5.75 Å². The molecule has 0 aromatic heterocycles. The van der Waals surface area contributed by atoms with E-state index in [-0.39, 0.29) is 44.1 Å². The van der Waals surface area contributed by atoms with Crippen LogP contribution in [0.15, 0.2) is 138 Å². The van der Waals surface area contributed by atoms with Gasteiger partial charge in [-0.1, -0.05) is 73.9 Å². The second-order valence-electron chi connectivity index (χ2n) is 13.3. The molecule has 6 aromatic rings. The molecule has 0 spiro atoms. The van der Waals surface area contributed by atoms with E-state index in [0.717, 1.165) is 61.4 Å². The van der Waals surface area contributed by atoms with Crippen molar-refractivity contribution in [2.75, 3.05) is 0 Å². The molecule has 0 unspecified atom stereocenters. The predicted molar refractivity (Wildman–Crippen MR) is 206 cm³/mol. The van der Waals surface area contributed by atoms with E-state index in [4.69, 9.17) is 0 Å². The highest BCUT2D eigenvalue weighted by molar-refractivity contribution is 7.87. The molecule has 18 heteroatoms. The van der Waals surface area contributed by atoms with Crippen LogP contribution in [0.25, 0.3) is 21.5 Å². The first-order valence-corrected chi connectivity index (χ1v) is 21.3. The quantitative estimate of drug-likeness (QED) is 0.0679. The van der Waals surface area contributed by atoms with E-state index in [9.17, 15) is 49.1 Å². The molecule has 0 saturated heterocycles. The third kappa shape index (κ3) is 7.49. The van der Waals surface area contributed by atoms with Crippen LogP contribution in [0.2, 0.25) is 0 Å². The fourth-order valence-corrected chi connectivity index (χ4v) is 9.32. The summed E-state index contributed by atoms with van der Waals surface area (Å²) in [6, 6.07) is 25.7. The molecule has 288 valence electrons. The lowest BCUT2D eigenvalue weighted by Gasteiger charge is -2.38. The highest BCUT2D eigenvalue weighted by Gasteiger charge is 2.35. The zero-order valence-corrected chi connectivity index (χ0v) is 31.5. The number of hydrogen-bond donors (Lipinski definition) is 5. The monoisotopic (exact) mass is 816 g/mol. The molecule has 0 aliphatic heterocycles. The van der Waals surface area contributed by atoms with Crippen molar-refractivity contribution in [2.24, 2.45) is 20.5 Å². The van der Waals surface area contributed by atoms with Gasteiger partial charge in [0.05, 0.1) is 16.3 Å². The summed E-state index contributed by atoms with van der Waals surface area (Å²) in [6.45, 7) is 0. The van der Waals surface area contributed by atoms with Crippen LogP contribution in [-0.4, -0.2) is 49.1 Å². The van der Waals surface area contributed by atoms with Crippen molar-refractivity contribution in [2.45, 2.75) is 52.2 Å². The average Bonchev–Trinajstić information content (AvgIpc) is 3.16. The lowest BCUT2D eigenvalue weighted by Crippen LogP contribution is -2.30. The standard InChI is InChI=1S/C38H32N4O11S3/c43-32-17-8-23-20-28(54(45,46)47)21-34(56(51,52)53)35(23)36(32)42-40-27-15-11-25(12-16-27)38(18-4-1-5-19-38)24-9-13-26(14-10-24)39-41-31-22-33(55(48,49)50)29-6-2-3-7-30(29)37(31)44/h2-3,6-17,20-22,43-44H,1,4-5,18-19H2,(H,45,46,47)(H,48,49,50)(H,51,52,53). The van der Waals surface area contributed by atoms with Gasteiger partial charge in [-0.2, -0.15) is 35.5 Å². The maximum atomic E-state index is 12.3. The number of aromatic hydroxyl groups is 2. The number of phenols is 2. The molecule has 0 amide bonds. The summed E-state index contributed by atoms with van der Waals surface area (Å²) in [7, 11) is -14.5. The Morgan fingerprint density at radius 3 is 1.64 bits per heavy atom. The third-order valence-corrected chi connectivity index (χ3v) is 12.5. The number of rotatable bonds is 9. The zero-order chi connectivity index (χ0) is 40.0. The lowest BCUT2D eigenvalue weighted by atomic mass is 9.65. The summed E-state index contributed by atoms with van der Waals surface area (Å²) in [5.41, 5.74) is 1.90. The Balaban J connectivity index is 1.19. The summed E-state index contributed by atoms with van der Waals surface area (Å²) in [5.74, 6) is -0.785. The van der Waals surface area contributed by atoms with Gasteiger partial charge in [-0.25, -0.2) is 0 Å². The van der Waals surface area contributed by atoms with Crippen LogP contribution in [0.5, 0.6) is 11.5 Å². The summed E-state index contributed by atoms with van der Waals surface area (Å²) in [6.07, 6.45) is 4.68. The number of hydrogen-bond acceptors (Lipinski definition) is 12. The zero-order valence-electron chi connectivity index (χ0n) is 29.0. The highest BCUT2D eigenvalue weighted by Crippen LogP contribution is 2.47. The molecule has 0 atom stereocenters. The molecule has 0 heterocycles. The van der Waals surface area contributed by atoms with Gasteiger partial charge in [-0.15, -0.1) is 10.2 Å². The molecule has 15 nitrogen and oxygen atoms in total. The highest BCUT2D eigenvalue weighted by atomic mass is 32.2. The number of nitrogens with zero attached hydrogens (tertiary/aromatic N) is 4. The molecule has 56 heavy (non-hydrogen) atoms. The largest absolute Gasteiger partial charge is 0.506 e. The lowest BCUT2D eigenvalue weighted by molar-refractivity contribution is 0.346. The molecule has 1 aliphatic rings. The second-order valence-corrected chi connectivity index (χ2v) is 17.5. The van der Waals surface area contributed by atoms with Gasteiger partial charge >= 0.3 is 0 Å². The Hall–Kier alpha value is -5.63. The molecular weight excluding hydrogens is 785 g/mol. The van der Waals surface area contributed by atoms with Crippen LogP contribution in [0, 0.1) is 0 Å². The number of phenolic OH excluding ortho intramolecular Hbond substituents is 2.